The minimum absolute atomic E-state index is 0.137. The maximum atomic E-state index is 12.5. The van der Waals surface area contributed by atoms with Crippen LogP contribution in [-0.4, -0.2) is 36.3 Å². The topological polar surface area (TPSA) is 77.1 Å². The Bertz CT molecular complexity index is 925. The van der Waals surface area contributed by atoms with Gasteiger partial charge in [0.1, 0.15) is 5.69 Å². The quantitative estimate of drug-likeness (QED) is 0.727. The lowest BCUT2D eigenvalue weighted by Gasteiger charge is -2.09. The van der Waals surface area contributed by atoms with Crippen molar-refractivity contribution >= 4 is 27.5 Å². The molecule has 8 heteroatoms. The van der Waals surface area contributed by atoms with E-state index in [4.69, 9.17) is 0 Å². The molecule has 0 saturated heterocycles. The Balaban J connectivity index is 1.70. The van der Waals surface area contributed by atoms with Crippen LogP contribution < -0.4 is 5.32 Å². The van der Waals surface area contributed by atoms with Gasteiger partial charge in [0.2, 0.25) is 0 Å². The molecule has 0 bridgehead atoms. The van der Waals surface area contributed by atoms with Gasteiger partial charge >= 0.3 is 0 Å². The average molecular weight is 403 g/mol. The zero-order valence-electron chi connectivity index (χ0n) is 13.9. The fourth-order valence-corrected chi connectivity index (χ4v) is 3.77. The first-order chi connectivity index (χ1) is 12.2. The van der Waals surface area contributed by atoms with Gasteiger partial charge in [-0.25, -0.2) is 9.50 Å². The van der Waals surface area contributed by atoms with E-state index in [9.17, 15) is 4.79 Å². The summed E-state index contributed by atoms with van der Waals surface area (Å²) in [5.74, 6) is -0.137. The van der Waals surface area contributed by atoms with Gasteiger partial charge in [-0.1, -0.05) is 12.8 Å². The molecule has 3 heterocycles. The van der Waals surface area contributed by atoms with Crippen LogP contribution in [0.5, 0.6) is 0 Å². The van der Waals surface area contributed by atoms with Gasteiger partial charge in [0.25, 0.3) is 5.91 Å². The zero-order valence-corrected chi connectivity index (χ0v) is 15.5. The molecule has 7 nitrogen and oxygen atoms in total. The molecule has 1 amide bonds. The lowest BCUT2D eigenvalue weighted by atomic mass is 10.2. The molecule has 0 aliphatic heterocycles. The number of carbonyl (C=O) groups is 1. The molecular formula is C17H19BrN6O. The summed E-state index contributed by atoms with van der Waals surface area (Å²) in [5, 5.41) is 12.1. The second kappa shape index (κ2) is 6.59. The summed E-state index contributed by atoms with van der Waals surface area (Å²) >= 11 is 3.55. The maximum Gasteiger partial charge on any atom is 0.272 e. The Labute approximate surface area is 153 Å². The Kier molecular flexibility index (Phi) is 4.29. The van der Waals surface area contributed by atoms with Gasteiger partial charge in [-0.15, -0.1) is 0 Å². The molecule has 0 unspecified atom stereocenters. The van der Waals surface area contributed by atoms with Gasteiger partial charge < -0.3 is 5.32 Å². The predicted molar refractivity (Wildman–Crippen MR) is 97.3 cm³/mol. The van der Waals surface area contributed by atoms with E-state index in [1.54, 1.807) is 16.8 Å². The molecule has 1 saturated carbocycles. The first-order valence-electron chi connectivity index (χ1n) is 8.54. The number of fused-ring (bicyclic) bond motifs is 1. The number of hydrogen-bond donors (Lipinski definition) is 1. The molecule has 1 N–H and O–H groups in total. The molecule has 4 rings (SSSR count). The van der Waals surface area contributed by atoms with E-state index in [-0.39, 0.29) is 11.9 Å². The van der Waals surface area contributed by atoms with E-state index in [0.717, 1.165) is 35.2 Å². The Hall–Kier alpha value is -2.22. The van der Waals surface area contributed by atoms with Crippen molar-refractivity contribution in [3.63, 3.8) is 0 Å². The van der Waals surface area contributed by atoms with Crippen molar-refractivity contribution in [1.82, 2.24) is 29.7 Å². The number of aryl methyl sites for hydroxylation is 1. The van der Waals surface area contributed by atoms with Gasteiger partial charge in [0, 0.05) is 31.0 Å². The van der Waals surface area contributed by atoms with Crippen molar-refractivity contribution in [3.8, 4) is 11.4 Å². The van der Waals surface area contributed by atoms with Crippen LogP contribution in [0.25, 0.3) is 17.0 Å². The normalized spacial score (nSPS) is 15.1. The zero-order chi connectivity index (χ0) is 17.4. The molecule has 130 valence electrons. The highest BCUT2D eigenvalue weighted by Crippen LogP contribution is 2.27. The number of aromatic nitrogens is 5. The van der Waals surface area contributed by atoms with E-state index < -0.39 is 0 Å². The third kappa shape index (κ3) is 3.06. The Morgan fingerprint density at radius 3 is 2.88 bits per heavy atom. The number of nitrogens with one attached hydrogen (secondary N) is 1. The molecule has 1 aliphatic carbocycles. The van der Waals surface area contributed by atoms with Crippen LogP contribution in [0.3, 0.4) is 0 Å². The van der Waals surface area contributed by atoms with Crippen LogP contribution in [0, 0.1) is 0 Å². The minimum atomic E-state index is -0.137. The third-order valence-corrected chi connectivity index (χ3v) is 5.14. The summed E-state index contributed by atoms with van der Waals surface area (Å²) in [4.78, 5) is 16.8. The SMILES string of the molecule is CCn1cc(Br)c(-c2ccnc3cc(C(=O)NC4CCCC4)nn23)n1. The van der Waals surface area contributed by atoms with Gasteiger partial charge in [-0.05, 0) is 41.8 Å². The van der Waals surface area contributed by atoms with Crippen molar-refractivity contribution in [2.24, 2.45) is 0 Å². The second-order valence-electron chi connectivity index (χ2n) is 6.27. The predicted octanol–water partition coefficient (Wildman–Crippen LogP) is 3.05. The molecule has 3 aromatic rings. The molecule has 1 aliphatic rings. The van der Waals surface area contributed by atoms with Crippen molar-refractivity contribution in [1.29, 1.82) is 0 Å². The fourth-order valence-electron chi connectivity index (χ4n) is 3.25. The van der Waals surface area contributed by atoms with Gasteiger partial charge in [-0.3, -0.25) is 9.48 Å². The molecule has 0 aromatic carbocycles. The van der Waals surface area contributed by atoms with Crippen molar-refractivity contribution < 1.29 is 4.79 Å². The molecular weight excluding hydrogens is 384 g/mol. The Morgan fingerprint density at radius 2 is 2.16 bits per heavy atom. The maximum absolute atomic E-state index is 12.5. The number of halogens is 1. The van der Waals surface area contributed by atoms with Crippen LogP contribution in [0.15, 0.2) is 29.0 Å². The summed E-state index contributed by atoms with van der Waals surface area (Å²) in [5.41, 5.74) is 2.59. The average Bonchev–Trinajstić information content (AvgIpc) is 3.33. The fraction of sp³-hybridized carbons (Fsp3) is 0.412. The summed E-state index contributed by atoms with van der Waals surface area (Å²) in [6.07, 6.45) is 8.08. The molecule has 1 fully saturated rings. The van der Waals surface area contributed by atoms with E-state index in [1.807, 2.05) is 23.9 Å². The standard InChI is InChI=1S/C17H19BrN6O/c1-2-23-10-12(18)16(22-23)14-7-8-19-15-9-13(21-24(14)15)17(25)20-11-5-3-4-6-11/h7-11H,2-6H2,1H3,(H,20,25). The highest BCUT2D eigenvalue weighted by molar-refractivity contribution is 9.10. The summed E-state index contributed by atoms with van der Waals surface area (Å²) in [6, 6.07) is 3.84. The molecule has 3 aromatic heterocycles. The number of rotatable bonds is 4. The molecule has 0 atom stereocenters. The monoisotopic (exact) mass is 402 g/mol. The third-order valence-electron chi connectivity index (χ3n) is 4.56. The van der Waals surface area contributed by atoms with Crippen LogP contribution in [-0.2, 0) is 6.54 Å². The smallest absolute Gasteiger partial charge is 0.272 e. The molecule has 0 radical (unpaired) electrons. The van der Waals surface area contributed by atoms with Crippen molar-refractivity contribution in [3.05, 3.63) is 34.7 Å². The van der Waals surface area contributed by atoms with E-state index in [0.29, 0.717) is 11.3 Å². The highest BCUT2D eigenvalue weighted by atomic mass is 79.9. The lowest BCUT2D eigenvalue weighted by molar-refractivity contribution is 0.0932. The van der Waals surface area contributed by atoms with Gasteiger partial charge in [-0.2, -0.15) is 10.2 Å². The first-order valence-corrected chi connectivity index (χ1v) is 9.34. The number of hydrogen-bond acceptors (Lipinski definition) is 4. The molecule has 25 heavy (non-hydrogen) atoms. The summed E-state index contributed by atoms with van der Waals surface area (Å²) < 4.78 is 4.41. The second-order valence-corrected chi connectivity index (χ2v) is 7.12. The van der Waals surface area contributed by atoms with Crippen LogP contribution in [0.1, 0.15) is 43.1 Å². The van der Waals surface area contributed by atoms with Crippen molar-refractivity contribution in [2.45, 2.75) is 45.2 Å². The van der Waals surface area contributed by atoms with E-state index in [1.165, 1.54) is 12.8 Å². The Morgan fingerprint density at radius 1 is 1.36 bits per heavy atom. The highest BCUT2D eigenvalue weighted by Gasteiger charge is 2.21. The number of amides is 1. The van der Waals surface area contributed by atoms with E-state index >= 15 is 0 Å². The van der Waals surface area contributed by atoms with Crippen LogP contribution in [0.4, 0.5) is 0 Å². The largest absolute Gasteiger partial charge is 0.348 e. The van der Waals surface area contributed by atoms with E-state index in [2.05, 4.69) is 36.4 Å². The molecule has 0 spiro atoms. The number of carbonyl (C=O) groups excluding carboxylic acids is 1. The van der Waals surface area contributed by atoms with Crippen LogP contribution in [0.2, 0.25) is 0 Å². The number of nitrogens with zero attached hydrogens (tertiary/aromatic N) is 5. The van der Waals surface area contributed by atoms with Gasteiger partial charge in [0.15, 0.2) is 11.3 Å². The summed E-state index contributed by atoms with van der Waals surface area (Å²) in [7, 11) is 0. The van der Waals surface area contributed by atoms with Gasteiger partial charge in [0.05, 0.1) is 10.2 Å². The minimum Gasteiger partial charge on any atom is -0.348 e. The summed E-state index contributed by atoms with van der Waals surface area (Å²) in [6.45, 7) is 2.81. The van der Waals surface area contributed by atoms with Crippen LogP contribution >= 0.6 is 15.9 Å². The lowest BCUT2D eigenvalue weighted by Crippen LogP contribution is -2.32. The van der Waals surface area contributed by atoms with Crippen molar-refractivity contribution in [2.75, 3.05) is 0 Å². The first kappa shape index (κ1) is 16.3.